The van der Waals surface area contributed by atoms with Gasteiger partial charge in [0.15, 0.2) is 0 Å². The molecule has 0 aromatic heterocycles. The molecule has 0 heterocycles. The molecule has 0 atom stereocenters. The van der Waals surface area contributed by atoms with Crippen molar-refractivity contribution in [3.8, 4) is 0 Å². The molecule has 0 aromatic rings. The molecule has 1 heteroatoms. The highest BCUT2D eigenvalue weighted by molar-refractivity contribution is 5.99. The average Bonchev–Trinajstić information content (AvgIpc) is 2.41. The van der Waals surface area contributed by atoms with Gasteiger partial charge in [-0.3, -0.25) is 4.99 Å². The van der Waals surface area contributed by atoms with Gasteiger partial charge in [-0.1, -0.05) is 60.6 Å². The number of rotatable bonds is 4. The summed E-state index contributed by atoms with van der Waals surface area (Å²) in [6, 6.07) is 0. The minimum absolute atomic E-state index is 0.554. The second-order valence-corrected chi connectivity index (χ2v) is 3.73. The van der Waals surface area contributed by atoms with E-state index >= 15 is 0 Å². The standard InChI is InChI=1S/C13H23N.2C2H6/c1-7-12(8-2)14-11(6)13(9-3)10(4)5;2*1-2/h7,9-10H,8H2,1-6H3;2*1-2H3/b12-7-,13-9-,14-11+;;. The van der Waals surface area contributed by atoms with E-state index in [1.54, 1.807) is 0 Å². The highest BCUT2D eigenvalue weighted by Gasteiger charge is 2.05. The molecule has 0 N–H and O–H groups in total. The van der Waals surface area contributed by atoms with E-state index in [2.05, 4.69) is 51.8 Å². The van der Waals surface area contributed by atoms with Gasteiger partial charge >= 0.3 is 0 Å². The Morgan fingerprint density at radius 1 is 1.00 bits per heavy atom. The fourth-order valence-corrected chi connectivity index (χ4v) is 1.59. The van der Waals surface area contributed by atoms with Crippen LogP contribution < -0.4 is 0 Å². The Hall–Kier alpha value is -0.850. The predicted molar refractivity (Wildman–Crippen MR) is 88.4 cm³/mol. The fraction of sp³-hybridized carbons (Fsp3) is 0.706. The zero-order valence-electron chi connectivity index (χ0n) is 14.4. The maximum Gasteiger partial charge on any atom is 0.0407 e. The van der Waals surface area contributed by atoms with Crippen LogP contribution in [0.1, 0.15) is 75.7 Å². The fourth-order valence-electron chi connectivity index (χ4n) is 1.59. The topological polar surface area (TPSA) is 12.4 Å². The lowest BCUT2D eigenvalue weighted by molar-refractivity contribution is 0.799. The zero-order chi connectivity index (χ0) is 15.1. The van der Waals surface area contributed by atoms with Gasteiger partial charge < -0.3 is 0 Å². The number of allylic oxidation sites excluding steroid dienone is 4. The minimum Gasteiger partial charge on any atom is -0.258 e. The van der Waals surface area contributed by atoms with E-state index in [0.717, 1.165) is 12.1 Å². The first-order valence-corrected chi connectivity index (χ1v) is 7.43. The Labute approximate surface area is 116 Å². The second kappa shape index (κ2) is 16.1. The molecule has 0 saturated heterocycles. The Kier molecular flexibility index (Phi) is 20.0. The van der Waals surface area contributed by atoms with Crippen LogP contribution in [0.5, 0.6) is 0 Å². The van der Waals surface area contributed by atoms with Gasteiger partial charge in [0.2, 0.25) is 0 Å². The van der Waals surface area contributed by atoms with Crippen LogP contribution in [0.25, 0.3) is 0 Å². The highest BCUT2D eigenvalue weighted by Crippen LogP contribution is 2.14. The number of nitrogens with zero attached hydrogens (tertiary/aromatic N) is 1. The summed E-state index contributed by atoms with van der Waals surface area (Å²) < 4.78 is 0. The van der Waals surface area contributed by atoms with Gasteiger partial charge in [-0.15, -0.1) is 0 Å². The van der Waals surface area contributed by atoms with Gasteiger partial charge in [-0.25, -0.2) is 0 Å². The van der Waals surface area contributed by atoms with Crippen molar-refractivity contribution in [2.75, 3.05) is 0 Å². The van der Waals surface area contributed by atoms with Gasteiger partial charge in [0, 0.05) is 11.4 Å². The van der Waals surface area contributed by atoms with Gasteiger partial charge in [0.05, 0.1) is 0 Å². The van der Waals surface area contributed by atoms with Crippen molar-refractivity contribution >= 4 is 5.71 Å². The lowest BCUT2D eigenvalue weighted by atomic mass is 9.99. The van der Waals surface area contributed by atoms with Crippen molar-refractivity contribution in [2.24, 2.45) is 10.9 Å². The van der Waals surface area contributed by atoms with E-state index in [4.69, 9.17) is 0 Å². The monoisotopic (exact) mass is 253 g/mol. The van der Waals surface area contributed by atoms with Crippen LogP contribution in [0.4, 0.5) is 0 Å². The van der Waals surface area contributed by atoms with Crippen LogP contribution in [0.2, 0.25) is 0 Å². The molecular weight excluding hydrogens is 218 g/mol. The first kappa shape index (κ1) is 22.3. The Morgan fingerprint density at radius 2 is 1.44 bits per heavy atom. The number of hydrogen-bond donors (Lipinski definition) is 0. The lowest BCUT2D eigenvalue weighted by Gasteiger charge is -2.11. The van der Waals surface area contributed by atoms with Gasteiger partial charge in [-0.2, -0.15) is 0 Å². The smallest absolute Gasteiger partial charge is 0.0407 e. The molecule has 0 saturated carbocycles. The molecule has 0 unspecified atom stereocenters. The molecule has 108 valence electrons. The Bertz CT molecular complexity index is 255. The lowest BCUT2D eigenvalue weighted by Crippen LogP contribution is -2.04. The van der Waals surface area contributed by atoms with Crippen LogP contribution in [0.15, 0.2) is 28.4 Å². The van der Waals surface area contributed by atoms with Crippen molar-refractivity contribution in [3.05, 3.63) is 23.4 Å². The summed E-state index contributed by atoms with van der Waals surface area (Å²) in [5, 5.41) is 0. The maximum atomic E-state index is 4.62. The third kappa shape index (κ3) is 10.3. The van der Waals surface area contributed by atoms with Crippen molar-refractivity contribution in [3.63, 3.8) is 0 Å². The highest BCUT2D eigenvalue weighted by atomic mass is 14.8. The van der Waals surface area contributed by atoms with Crippen molar-refractivity contribution in [2.45, 2.75) is 75.7 Å². The molecule has 0 rings (SSSR count). The molecule has 0 aliphatic carbocycles. The van der Waals surface area contributed by atoms with Crippen molar-refractivity contribution in [1.29, 1.82) is 0 Å². The third-order valence-corrected chi connectivity index (χ3v) is 2.36. The molecule has 0 fully saturated rings. The predicted octanol–water partition coefficient (Wildman–Crippen LogP) is 6.42. The quantitative estimate of drug-likeness (QED) is 0.513. The van der Waals surface area contributed by atoms with E-state index in [0.29, 0.717) is 5.92 Å². The van der Waals surface area contributed by atoms with E-state index < -0.39 is 0 Å². The van der Waals surface area contributed by atoms with Crippen LogP contribution in [0, 0.1) is 5.92 Å². The first-order chi connectivity index (χ1) is 8.56. The molecule has 0 radical (unpaired) electrons. The second-order valence-electron chi connectivity index (χ2n) is 3.73. The van der Waals surface area contributed by atoms with Crippen LogP contribution in [0.3, 0.4) is 0 Å². The Morgan fingerprint density at radius 3 is 1.67 bits per heavy atom. The first-order valence-electron chi connectivity index (χ1n) is 7.43. The summed E-state index contributed by atoms with van der Waals surface area (Å²) in [6.45, 7) is 20.8. The largest absolute Gasteiger partial charge is 0.258 e. The molecule has 1 nitrogen and oxygen atoms in total. The van der Waals surface area contributed by atoms with Crippen LogP contribution in [-0.4, -0.2) is 5.71 Å². The molecule has 0 spiro atoms. The third-order valence-electron chi connectivity index (χ3n) is 2.36. The van der Waals surface area contributed by atoms with Crippen LogP contribution >= 0.6 is 0 Å². The van der Waals surface area contributed by atoms with Crippen molar-refractivity contribution in [1.82, 2.24) is 0 Å². The molecule has 0 bridgehead atoms. The SMILES string of the molecule is CC.CC.C\C=C(CC)/N=C(C)/C(=C\C)C(C)C. The van der Waals surface area contributed by atoms with Crippen LogP contribution in [-0.2, 0) is 0 Å². The maximum absolute atomic E-state index is 4.62. The molecule has 0 amide bonds. The summed E-state index contributed by atoms with van der Waals surface area (Å²) in [6.07, 6.45) is 5.24. The molecular formula is C17H35N. The number of hydrogen-bond acceptors (Lipinski definition) is 1. The number of aliphatic imine (C=N–C) groups is 1. The van der Waals surface area contributed by atoms with Crippen molar-refractivity contribution < 1.29 is 0 Å². The normalized spacial score (nSPS) is 12.5. The summed E-state index contributed by atoms with van der Waals surface area (Å²) in [5.41, 5.74) is 3.66. The van der Waals surface area contributed by atoms with E-state index in [-0.39, 0.29) is 0 Å². The zero-order valence-corrected chi connectivity index (χ0v) is 14.4. The minimum atomic E-state index is 0.554. The van der Waals surface area contributed by atoms with Gasteiger partial charge in [-0.05, 0) is 38.7 Å². The Balaban J connectivity index is -0.000000506. The summed E-state index contributed by atoms with van der Waals surface area (Å²) in [4.78, 5) is 4.62. The summed E-state index contributed by atoms with van der Waals surface area (Å²) in [7, 11) is 0. The van der Waals surface area contributed by atoms with E-state index in [1.807, 2.05) is 34.6 Å². The molecule has 0 aliphatic heterocycles. The van der Waals surface area contributed by atoms with E-state index in [9.17, 15) is 0 Å². The van der Waals surface area contributed by atoms with E-state index in [1.165, 1.54) is 11.3 Å². The molecule has 18 heavy (non-hydrogen) atoms. The summed E-state index contributed by atoms with van der Waals surface area (Å²) in [5.74, 6) is 0.554. The van der Waals surface area contributed by atoms with Gasteiger partial charge in [0.25, 0.3) is 0 Å². The summed E-state index contributed by atoms with van der Waals surface area (Å²) >= 11 is 0. The average molecular weight is 253 g/mol. The van der Waals surface area contributed by atoms with Gasteiger partial charge in [0.1, 0.15) is 0 Å². The molecule has 0 aromatic carbocycles. The molecule has 0 aliphatic rings.